The number of para-hydroxylation sites is 2. The number of fused-ring (bicyclic) bond motifs is 3. The Morgan fingerprint density at radius 1 is 0.962 bits per heavy atom. The largest absolute Gasteiger partial charge is 0.455 e. The molecule has 4 aromatic rings. The van der Waals surface area contributed by atoms with Gasteiger partial charge in [-0.1, -0.05) is 60.7 Å². The van der Waals surface area contributed by atoms with Crippen LogP contribution in [0.1, 0.15) is 11.1 Å². The van der Waals surface area contributed by atoms with Crippen LogP contribution in [0.4, 0.5) is 0 Å². The van der Waals surface area contributed by atoms with Crippen molar-refractivity contribution in [2.24, 2.45) is 4.40 Å². The molecule has 0 spiro atoms. The van der Waals surface area contributed by atoms with Gasteiger partial charge in [0.1, 0.15) is 17.0 Å². The van der Waals surface area contributed by atoms with E-state index >= 15 is 0 Å². The van der Waals surface area contributed by atoms with E-state index in [0.29, 0.717) is 5.84 Å². The topological polar surface area (TPSA) is 52.6 Å². The maximum Gasteiger partial charge on any atom is 0.146 e. The number of rotatable bonds is 4. The molecule has 0 radical (unpaired) electrons. The zero-order valence-electron chi connectivity index (χ0n) is 14.2. The summed E-state index contributed by atoms with van der Waals surface area (Å²) in [5, 5.41) is 10.6. The van der Waals surface area contributed by atoms with Crippen molar-refractivity contribution in [1.29, 1.82) is 5.41 Å². The van der Waals surface area contributed by atoms with Gasteiger partial charge in [-0.2, -0.15) is 0 Å². The number of benzene rings is 3. The van der Waals surface area contributed by atoms with E-state index in [1.54, 1.807) is 10.5 Å². The van der Waals surface area contributed by atoms with Crippen LogP contribution in [0.5, 0.6) is 0 Å². The molecule has 1 N–H and O–H groups in total. The van der Waals surface area contributed by atoms with Crippen molar-refractivity contribution in [3.05, 3.63) is 83.9 Å². The van der Waals surface area contributed by atoms with E-state index in [1.807, 2.05) is 79.8 Å². The van der Waals surface area contributed by atoms with Crippen LogP contribution in [0.2, 0.25) is 0 Å². The fourth-order valence-electron chi connectivity index (χ4n) is 2.84. The second-order valence-corrected chi connectivity index (χ2v) is 6.78. The molecule has 0 aliphatic heterocycles. The first kappa shape index (κ1) is 16.4. The van der Waals surface area contributed by atoms with Crippen LogP contribution in [0, 0.1) is 5.41 Å². The van der Waals surface area contributed by atoms with Crippen molar-refractivity contribution in [2.45, 2.75) is 0 Å². The third-order valence-corrected chi connectivity index (χ3v) is 4.77. The van der Waals surface area contributed by atoms with Gasteiger partial charge >= 0.3 is 0 Å². The highest BCUT2D eigenvalue weighted by Crippen LogP contribution is 2.31. The van der Waals surface area contributed by atoms with Crippen LogP contribution >= 0.6 is 12.1 Å². The molecule has 0 fully saturated rings. The van der Waals surface area contributed by atoms with Crippen molar-refractivity contribution in [1.82, 2.24) is 4.31 Å². The lowest BCUT2D eigenvalue weighted by molar-refractivity contribution is 0.666. The van der Waals surface area contributed by atoms with Crippen LogP contribution in [-0.2, 0) is 0 Å². The first-order valence-corrected chi connectivity index (χ1v) is 8.95. The zero-order valence-corrected chi connectivity index (χ0v) is 15.0. The van der Waals surface area contributed by atoms with Crippen LogP contribution in [-0.4, -0.2) is 23.4 Å². The lowest BCUT2D eigenvalue weighted by atomic mass is 10.1. The molecule has 128 valence electrons. The summed E-state index contributed by atoms with van der Waals surface area (Å²) in [6.07, 6.45) is 1.79. The number of nitrogens with one attached hydrogen (secondary N) is 1. The third-order valence-electron chi connectivity index (χ3n) is 4.15. The minimum absolute atomic E-state index is 0.352. The van der Waals surface area contributed by atoms with E-state index in [2.05, 4.69) is 4.40 Å². The highest BCUT2D eigenvalue weighted by molar-refractivity contribution is 7.96. The Kier molecular flexibility index (Phi) is 4.46. The van der Waals surface area contributed by atoms with Gasteiger partial charge in [0, 0.05) is 24.0 Å². The van der Waals surface area contributed by atoms with Crippen LogP contribution < -0.4 is 0 Å². The van der Waals surface area contributed by atoms with Crippen LogP contribution in [0.15, 0.2) is 81.6 Å². The Hall–Kier alpha value is -3.05. The molecular weight excluding hydrogens is 342 g/mol. The highest BCUT2D eigenvalue weighted by Gasteiger charge is 2.16. The summed E-state index contributed by atoms with van der Waals surface area (Å²) in [6.45, 7) is 0. The molecule has 0 aliphatic carbocycles. The van der Waals surface area contributed by atoms with Crippen LogP contribution in [0.25, 0.3) is 21.9 Å². The minimum Gasteiger partial charge on any atom is -0.455 e. The van der Waals surface area contributed by atoms with Crippen molar-refractivity contribution in [3.8, 4) is 0 Å². The first-order chi connectivity index (χ1) is 12.7. The molecule has 0 bridgehead atoms. The molecule has 5 heteroatoms. The van der Waals surface area contributed by atoms with E-state index in [0.717, 1.165) is 33.1 Å². The molecule has 0 atom stereocenters. The van der Waals surface area contributed by atoms with E-state index in [4.69, 9.17) is 9.83 Å². The summed E-state index contributed by atoms with van der Waals surface area (Å²) in [5.74, 6) is 0.352. The van der Waals surface area contributed by atoms with Crippen molar-refractivity contribution >= 4 is 46.1 Å². The predicted molar refractivity (Wildman–Crippen MR) is 110 cm³/mol. The Bertz CT molecular complexity index is 1100. The number of hydrogen-bond acceptors (Lipinski definition) is 4. The number of nitrogens with zero attached hydrogens (tertiary/aromatic N) is 2. The van der Waals surface area contributed by atoms with Gasteiger partial charge in [-0.05, 0) is 17.7 Å². The molecule has 0 aliphatic rings. The third kappa shape index (κ3) is 3.09. The average Bonchev–Trinajstić information content (AvgIpc) is 3.07. The average molecular weight is 359 g/mol. The Balaban J connectivity index is 1.60. The highest BCUT2D eigenvalue weighted by atomic mass is 32.2. The fourth-order valence-corrected chi connectivity index (χ4v) is 3.33. The SMILES string of the molecule is CN(S/N=C\c1ccccc1)C(=N)c1cccc2c1oc1ccccc12. The van der Waals surface area contributed by atoms with E-state index in [1.165, 1.54) is 12.1 Å². The van der Waals surface area contributed by atoms with E-state index in [-0.39, 0.29) is 0 Å². The molecule has 4 rings (SSSR count). The Morgan fingerprint density at radius 3 is 2.54 bits per heavy atom. The lowest BCUT2D eigenvalue weighted by Gasteiger charge is -2.15. The zero-order chi connectivity index (χ0) is 17.9. The molecule has 26 heavy (non-hydrogen) atoms. The monoisotopic (exact) mass is 359 g/mol. The molecule has 3 aromatic carbocycles. The lowest BCUT2D eigenvalue weighted by Crippen LogP contribution is -2.19. The maximum absolute atomic E-state index is 8.55. The number of furan rings is 1. The van der Waals surface area contributed by atoms with Gasteiger partial charge in [0.15, 0.2) is 0 Å². The minimum atomic E-state index is 0.352. The molecule has 0 unspecified atom stereocenters. The van der Waals surface area contributed by atoms with Gasteiger partial charge in [-0.15, -0.1) is 0 Å². The van der Waals surface area contributed by atoms with Crippen molar-refractivity contribution in [2.75, 3.05) is 7.05 Å². The summed E-state index contributed by atoms with van der Waals surface area (Å²) in [6, 6.07) is 23.7. The Morgan fingerprint density at radius 2 is 1.69 bits per heavy atom. The van der Waals surface area contributed by atoms with Crippen molar-refractivity contribution < 1.29 is 4.42 Å². The van der Waals surface area contributed by atoms with Gasteiger partial charge in [-0.3, -0.25) is 9.71 Å². The smallest absolute Gasteiger partial charge is 0.146 e. The standard InChI is InChI=1S/C21H17N3OS/c1-24(26-23-14-15-8-3-2-4-9-15)21(22)18-12-7-11-17-16-10-5-6-13-19(16)25-20(17)18/h2-14,22H,1H3/b22-21?,23-14-. The number of hydrogen-bond donors (Lipinski definition) is 1. The molecule has 1 heterocycles. The quantitative estimate of drug-likeness (QED) is 0.296. The summed E-state index contributed by atoms with van der Waals surface area (Å²) in [4.78, 5) is 0. The molecular formula is C21H17N3OS. The number of amidine groups is 1. The second kappa shape index (κ2) is 7.06. The molecule has 0 saturated carbocycles. The molecule has 1 aromatic heterocycles. The van der Waals surface area contributed by atoms with E-state index in [9.17, 15) is 0 Å². The summed E-state index contributed by atoms with van der Waals surface area (Å²) in [7, 11) is 1.83. The van der Waals surface area contributed by atoms with E-state index < -0.39 is 0 Å². The first-order valence-electron chi connectivity index (χ1n) is 8.22. The van der Waals surface area contributed by atoms with Gasteiger partial charge in [0.2, 0.25) is 0 Å². The predicted octanol–water partition coefficient (Wildman–Crippen LogP) is 5.53. The Labute approximate surface area is 155 Å². The van der Waals surface area contributed by atoms with Gasteiger partial charge < -0.3 is 4.42 Å². The molecule has 0 amide bonds. The van der Waals surface area contributed by atoms with Gasteiger partial charge in [-0.25, -0.2) is 4.40 Å². The van der Waals surface area contributed by atoms with Crippen LogP contribution in [0.3, 0.4) is 0 Å². The normalized spacial score (nSPS) is 11.4. The van der Waals surface area contributed by atoms with Gasteiger partial charge in [0.05, 0.1) is 17.7 Å². The fraction of sp³-hybridized carbons (Fsp3) is 0.0476. The summed E-state index contributed by atoms with van der Waals surface area (Å²) < 4.78 is 12.1. The maximum atomic E-state index is 8.55. The summed E-state index contributed by atoms with van der Waals surface area (Å²) >= 11 is 1.23. The van der Waals surface area contributed by atoms with Crippen molar-refractivity contribution in [3.63, 3.8) is 0 Å². The molecule has 0 saturated heterocycles. The second-order valence-electron chi connectivity index (χ2n) is 5.85. The molecule has 4 nitrogen and oxygen atoms in total. The van der Waals surface area contributed by atoms with Gasteiger partial charge in [0.25, 0.3) is 0 Å². The summed E-state index contributed by atoms with van der Waals surface area (Å²) in [5.41, 5.74) is 3.35.